The summed E-state index contributed by atoms with van der Waals surface area (Å²) in [5, 5.41) is 9.78. The van der Waals surface area contributed by atoms with Gasteiger partial charge < -0.3 is 4.74 Å². The fourth-order valence-electron chi connectivity index (χ4n) is 2.07. The molecule has 1 heterocycles. The normalized spacial score (nSPS) is 16.4. The first-order valence-corrected chi connectivity index (χ1v) is 5.62. The van der Waals surface area contributed by atoms with Gasteiger partial charge in [0.1, 0.15) is 11.8 Å². The maximum atomic E-state index is 9.12. The largest absolute Gasteiger partial charge is 0.470 e. The molecule has 1 atom stereocenters. The Bertz CT molecular complexity index is 630. The van der Waals surface area contributed by atoms with Crippen LogP contribution in [0.5, 0.6) is 5.75 Å². The molecule has 3 heteroatoms. The van der Waals surface area contributed by atoms with Crippen LogP contribution in [0.15, 0.2) is 42.5 Å². The number of benzene rings is 2. The molecule has 0 amide bonds. The Morgan fingerprint density at radius 1 is 1.12 bits per heavy atom. The highest BCUT2D eigenvalue weighted by molar-refractivity contribution is 6.31. The Morgan fingerprint density at radius 3 is 2.76 bits per heavy atom. The third-order valence-corrected chi connectivity index (χ3v) is 3.07. The molecule has 82 valence electrons. The smallest absolute Gasteiger partial charge is 0.210 e. The Kier molecular flexibility index (Phi) is 2.28. The summed E-state index contributed by atoms with van der Waals surface area (Å²) in [4.78, 5) is 0. The first kappa shape index (κ1) is 10.2. The molecule has 1 aliphatic heterocycles. The van der Waals surface area contributed by atoms with E-state index in [9.17, 15) is 0 Å². The molecular weight excluding hydrogens is 234 g/mol. The zero-order valence-electron chi connectivity index (χ0n) is 8.85. The highest BCUT2D eigenvalue weighted by atomic mass is 35.5. The maximum Gasteiger partial charge on any atom is 0.210 e. The minimum absolute atomic E-state index is 0.542. The zero-order valence-corrected chi connectivity index (χ0v) is 9.61. The number of halogens is 1. The molecule has 3 rings (SSSR count). The minimum atomic E-state index is -0.542. The lowest BCUT2D eigenvalue weighted by molar-refractivity contribution is 0.258. The molecule has 1 aliphatic rings. The van der Waals surface area contributed by atoms with E-state index >= 15 is 0 Å². The van der Waals surface area contributed by atoms with E-state index in [1.165, 1.54) is 0 Å². The third kappa shape index (κ3) is 1.56. The number of fused-ring (bicyclic) bond motifs is 3. The van der Waals surface area contributed by atoms with Gasteiger partial charge in [-0.15, -0.1) is 0 Å². The van der Waals surface area contributed by atoms with Crippen molar-refractivity contribution in [2.24, 2.45) is 0 Å². The molecule has 0 N–H and O–H groups in total. The monoisotopic (exact) mass is 241 g/mol. The fourth-order valence-corrected chi connectivity index (χ4v) is 2.24. The van der Waals surface area contributed by atoms with E-state index in [1.807, 2.05) is 30.3 Å². The molecule has 0 saturated carbocycles. The van der Waals surface area contributed by atoms with Gasteiger partial charge in [0.25, 0.3) is 0 Å². The Hall–Kier alpha value is -1.98. The minimum Gasteiger partial charge on any atom is -0.470 e. The molecule has 1 unspecified atom stereocenters. The first-order valence-electron chi connectivity index (χ1n) is 5.25. The molecule has 0 spiro atoms. The molecule has 17 heavy (non-hydrogen) atoms. The van der Waals surface area contributed by atoms with Crippen LogP contribution in [0.4, 0.5) is 0 Å². The van der Waals surface area contributed by atoms with Gasteiger partial charge in [-0.05, 0) is 23.8 Å². The van der Waals surface area contributed by atoms with Gasteiger partial charge in [-0.3, -0.25) is 0 Å². The van der Waals surface area contributed by atoms with Crippen molar-refractivity contribution in [1.29, 1.82) is 5.26 Å². The number of ether oxygens (including phenoxy) is 1. The highest BCUT2D eigenvalue weighted by Gasteiger charge is 2.25. The van der Waals surface area contributed by atoms with Crippen LogP contribution in [0.3, 0.4) is 0 Å². The van der Waals surface area contributed by atoms with Gasteiger partial charge in [0.2, 0.25) is 6.10 Å². The molecule has 0 fully saturated rings. The standard InChI is InChI=1S/C14H8ClNO/c15-9-5-6-13-12(7-9)10-3-1-2-4-11(10)14(8-16)17-13/h1-7,14H. The van der Waals surface area contributed by atoms with Crippen molar-refractivity contribution in [2.45, 2.75) is 6.10 Å². The molecule has 0 aromatic heterocycles. The lowest BCUT2D eigenvalue weighted by atomic mass is 9.93. The second-order valence-electron chi connectivity index (χ2n) is 3.85. The SMILES string of the molecule is N#CC1Oc2ccc(Cl)cc2-c2ccccc21. The zero-order chi connectivity index (χ0) is 11.8. The van der Waals surface area contributed by atoms with Gasteiger partial charge >= 0.3 is 0 Å². The summed E-state index contributed by atoms with van der Waals surface area (Å²) < 4.78 is 5.64. The van der Waals surface area contributed by atoms with E-state index in [0.717, 1.165) is 16.7 Å². The van der Waals surface area contributed by atoms with Crippen LogP contribution in [0.1, 0.15) is 11.7 Å². The van der Waals surface area contributed by atoms with Crippen molar-refractivity contribution in [1.82, 2.24) is 0 Å². The summed E-state index contributed by atoms with van der Waals surface area (Å²) in [6.07, 6.45) is -0.542. The average molecular weight is 242 g/mol. The average Bonchev–Trinajstić information content (AvgIpc) is 2.38. The van der Waals surface area contributed by atoms with Crippen molar-refractivity contribution < 1.29 is 4.74 Å². The molecule has 0 radical (unpaired) electrons. The van der Waals surface area contributed by atoms with E-state index in [1.54, 1.807) is 12.1 Å². The predicted octanol–water partition coefficient (Wildman–Crippen LogP) is 3.96. The molecule has 2 aromatic carbocycles. The van der Waals surface area contributed by atoms with E-state index in [0.29, 0.717) is 10.8 Å². The summed E-state index contributed by atoms with van der Waals surface area (Å²) >= 11 is 5.99. The number of nitrogens with zero attached hydrogens (tertiary/aromatic N) is 1. The topological polar surface area (TPSA) is 33.0 Å². The molecule has 0 aliphatic carbocycles. The van der Waals surface area contributed by atoms with Gasteiger partial charge in [-0.25, -0.2) is 0 Å². The van der Waals surface area contributed by atoms with Crippen LogP contribution in [0, 0.1) is 11.3 Å². The van der Waals surface area contributed by atoms with E-state index in [2.05, 4.69) is 6.07 Å². The second-order valence-corrected chi connectivity index (χ2v) is 4.29. The van der Waals surface area contributed by atoms with Gasteiger partial charge in [0, 0.05) is 16.1 Å². The van der Waals surface area contributed by atoms with Crippen LogP contribution in [0.2, 0.25) is 5.02 Å². The molecule has 2 nitrogen and oxygen atoms in total. The summed E-state index contributed by atoms with van der Waals surface area (Å²) in [5.74, 6) is 0.708. The quantitative estimate of drug-likeness (QED) is 0.699. The van der Waals surface area contributed by atoms with Crippen LogP contribution in [-0.2, 0) is 0 Å². The molecular formula is C14H8ClNO. The molecule has 0 saturated heterocycles. The number of hydrogen-bond donors (Lipinski definition) is 0. The van der Waals surface area contributed by atoms with Crippen molar-refractivity contribution in [2.75, 3.05) is 0 Å². The van der Waals surface area contributed by atoms with Crippen molar-refractivity contribution in [3.8, 4) is 22.9 Å². The van der Waals surface area contributed by atoms with Crippen LogP contribution in [-0.4, -0.2) is 0 Å². The Balaban J connectivity index is 2.29. The van der Waals surface area contributed by atoms with E-state index in [-0.39, 0.29) is 0 Å². The lowest BCUT2D eigenvalue weighted by Gasteiger charge is -2.24. The maximum absolute atomic E-state index is 9.12. The fraction of sp³-hybridized carbons (Fsp3) is 0.0714. The predicted molar refractivity (Wildman–Crippen MR) is 65.9 cm³/mol. The second kappa shape index (κ2) is 3.80. The van der Waals surface area contributed by atoms with E-state index < -0.39 is 6.10 Å². The summed E-state index contributed by atoms with van der Waals surface area (Å²) in [5.41, 5.74) is 2.85. The van der Waals surface area contributed by atoms with Gasteiger partial charge in [0.15, 0.2) is 0 Å². The Morgan fingerprint density at radius 2 is 1.94 bits per heavy atom. The van der Waals surface area contributed by atoms with Crippen LogP contribution < -0.4 is 4.74 Å². The van der Waals surface area contributed by atoms with Crippen molar-refractivity contribution in [3.05, 3.63) is 53.1 Å². The van der Waals surface area contributed by atoms with Crippen LogP contribution >= 0.6 is 11.6 Å². The van der Waals surface area contributed by atoms with Crippen LogP contribution in [0.25, 0.3) is 11.1 Å². The van der Waals surface area contributed by atoms with Gasteiger partial charge in [0.05, 0.1) is 0 Å². The van der Waals surface area contributed by atoms with Crippen molar-refractivity contribution >= 4 is 11.6 Å². The highest BCUT2D eigenvalue weighted by Crippen LogP contribution is 2.42. The van der Waals surface area contributed by atoms with Gasteiger partial charge in [-0.1, -0.05) is 35.9 Å². The summed E-state index contributed by atoms with van der Waals surface area (Å²) in [7, 11) is 0. The molecule has 2 aromatic rings. The van der Waals surface area contributed by atoms with Crippen molar-refractivity contribution in [3.63, 3.8) is 0 Å². The van der Waals surface area contributed by atoms with Gasteiger partial charge in [-0.2, -0.15) is 5.26 Å². The molecule has 0 bridgehead atoms. The summed E-state index contributed by atoms with van der Waals surface area (Å²) in [6, 6.07) is 15.3. The van der Waals surface area contributed by atoms with E-state index in [4.69, 9.17) is 21.6 Å². The lowest BCUT2D eigenvalue weighted by Crippen LogP contribution is -2.12. The first-order chi connectivity index (χ1) is 8.29. The number of hydrogen-bond acceptors (Lipinski definition) is 2. The number of nitriles is 1. The third-order valence-electron chi connectivity index (χ3n) is 2.84. The Labute approximate surface area is 104 Å². The summed E-state index contributed by atoms with van der Waals surface area (Å²) in [6.45, 7) is 0. The number of rotatable bonds is 0.